The number of nitrogens with one attached hydrogen (secondary N) is 1. The lowest BCUT2D eigenvalue weighted by Gasteiger charge is -2.31. The van der Waals surface area contributed by atoms with Gasteiger partial charge >= 0.3 is 6.09 Å². The van der Waals surface area contributed by atoms with Gasteiger partial charge in [0.2, 0.25) is 0 Å². The van der Waals surface area contributed by atoms with Crippen LogP contribution < -0.4 is 11.1 Å². The van der Waals surface area contributed by atoms with E-state index in [1.165, 1.54) is 0 Å². The molecule has 1 saturated heterocycles. The Bertz CT molecular complexity index is 255. The van der Waals surface area contributed by atoms with Crippen LogP contribution in [-0.4, -0.2) is 30.6 Å². The molecule has 1 aliphatic rings. The molecule has 0 aromatic carbocycles. The van der Waals surface area contributed by atoms with Crippen LogP contribution in [0, 0.1) is 5.92 Å². The van der Waals surface area contributed by atoms with Crippen molar-refractivity contribution in [3.8, 4) is 0 Å². The molecule has 3 atom stereocenters. The van der Waals surface area contributed by atoms with E-state index in [2.05, 4.69) is 5.32 Å². The summed E-state index contributed by atoms with van der Waals surface area (Å²) in [7, 11) is 0. The number of ether oxygens (including phenoxy) is 1. The highest BCUT2D eigenvalue weighted by Crippen LogP contribution is 2.22. The van der Waals surface area contributed by atoms with Gasteiger partial charge in [-0.1, -0.05) is 0 Å². The van der Waals surface area contributed by atoms with Crippen LogP contribution in [0.4, 0.5) is 4.79 Å². The first-order chi connectivity index (χ1) is 7.00. The van der Waals surface area contributed by atoms with Gasteiger partial charge in [0.15, 0.2) is 0 Å². The minimum atomic E-state index is -0.750. The van der Waals surface area contributed by atoms with E-state index in [0.29, 0.717) is 6.42 Å². The zero-order valence-corrected chi connectivity index (χ0v) is 9.16. The van der Waals surface area contributed by atoms with E-state index in [-0.39, 0.29) is 23.8 Å². The Morgan fingerprint density at radius 1 is 1.53 bits per heavy atom. The first kappa shape index (κ1) is 12.0. The van der Waals surface area contributed by atoms with Crippen molar-refractivity contribution >= 4 is 11.9 Å². The molecular formula is C10H18N2O3. The van der Waals surface area contributed by atoms with E-state index in [1.807, 2.05) is 6.92 Å². The van der Waals surface area contributed by atoms with Gasteiger partial charge in [-0.05, 0) is 39.2 Å². The molecular weight excluding hydrogens is 196 g/mol. The molecule has 3 N–H and O–H groups in total. The third-order valence-electron chi connectivity index (χ3n) is 2.90. The highest BCUT2D eigenvalue weighted by atomic mass is 16.6. The number of piperidine rings is 1. The molecule has 1 rings (SSSR count). The second-order valence-electron chi connectivity index (χ2n) is 4.04. The standard InChI is InChI=1S/C10H18N2O3/c1-6(13)9-5-8(3-4-12-9)7(2)15-10(11)14/h7-9,12H,3-5H2,1-2H3,(H2,11,14). The number of hydrogen-bond donors (Lipinski definition) is 2. The minimum absolute atomic E-state index is 0.109. The van der Waals surface area contributed by atoms with Crippen LogP contribution in [0.25, 0.3) is 0 Å². The summed E-state index contributed by atoms with van der Waals surface area (Å²) in [6.45, 7) is 4.17. The Kier molecular flexibility index (Phi) is 4.08. The van der Waals surface area contributed by atoms with Gasteiger partial charge in [-0.2, -0.15) is 0 Å². The summed E-state index contributed by atoms with van der Waals surface area (Å²) in [6, 6.07) is -0.109. The fraction of sp³-hybridized carbons (Fsp3) is 0.800. The van der Waals surface area contributed by atoms with Crippen molar-refractivity contribution in [1.29, 1.82) is 0 Å². The van der Waals surface area contributed by atoms with Gasteiger partial charge in [0.25, 0.3) is 0 Å². The summed E-state index contributed by atoms with van der Waals surface area (Å²) < 4.78 is 4.92. The maximum absolute atomic E-state index is 11.2. The summed E-state index contributed by atoms with van der Waals surface area (Å²) in [5, 5.41) is 3.14. The van der Waals surface area contributed by atoms with Crippen molar-refractivity contribution in [1.82, 2.24) is 5.32 Å². The number of carbonyl (C=O) groups is 2. The molecule has 3 unspecified atom stereocenters. The molecule has 0 saturated carbocycles. The average molecular weight is 214 g/mol. The monoisotopic (exact) mass is 214 g/mol. The van der Waals surface area contributed by atoms with Crippen molar-refractivity contribution in [2.24, 2.45) is 11.7 Å². The van der Waals surface area contributed by atoms with E-state index in [9.17, 15) is 9.59 Å². The molecule has 1 amide bonds. The molecule has 5 nitrogen and oxygen atoms in total. The third-order valence-corrected chi connectivity index (χ3v) is 2.90. The number of Topliss-reactive ketones (excluding diaryl/α,β-unsaturated/α-hetero) is 1. The first-order valence-electron chi connectivity index (χ1n) is 5.20. The molecule has 1 aliphatic heterocycles. The van der Waals surface area contributed by atoms with Crippen molar-refractivity contribution in [2.75, 3.05) is 6.54 Å². The van der Waals surface area contributed by atoms with Gasteiger partial charge in [0, 0.05) is 0 Å². The number of ketones is 1. The molecule has 1 heterocycles. The normalized spacial score (nSPS) is 28.1. The molecule has 5 heteroatoms. The highest BCUT2D eigenvalue weighted by Gasteiger charge is 2.29. The van der Waals surface area contributed by atoms with Crippen LogP contribution in [-0.2, 0) is 9.53 Å². The lowest BCUT2D eigenvalue weighted by Crippen LogP contribution is -2.45. The number of nitrogens with two attached hydrogens (primary N) is 1. The largest absolute Gasteiger partial charge is 0.446 e. The predicted molar refractivity (Wildman–Crippen MR) is 55.3 cm³/mol. The van der Waals surface area contributed by atoms with Crippen LogP contribution in [0.15, 0.2) is 0 Å². The van der Waals surface area contributed by atoms with Gasteiger partial charge in [-0.3, -0.25) is 4.79 Å². The highest BCUT2D eigenvalue weighted by molar-refractivity contribution is 5.81. The first-order valence-corrected chi connectivity index (χ1v) is 5.20. The summed E-state index contributed by atoms with van der Waals surface area (Å²) in [6.07, 6.45) is 0.647. The molecule has 0 radical (unpaired) electrons. The third kappa shape index (κ3) is 3.51. The smallest absolute Gasteiger partial charge is 0.404 e. The molecule has 0 aliphatic carbocycles. The fourth-order valence-corrected chi connectivity index (χ4v) is 1.96. The van der Waals surface area contributed by atoms with E-state index in [4.69, 9.17) is 10.5 Å². The van der Waals surface area contributed by atoms with Crippen LogP contribution in [0.3, 0.4) is 0 Å². The van der Waals surface area contributed by atoms with Crippen molar-refractivity contribution < 1.29 is 14.3 Å². The lowest BCUT2D eigenvalue weighted by atomic mass is 9.87. The zero-order valence-electron chi connectivity index (χ0n) is 9.16. The SMILES string of the molecule is CC(=O)C1CC(C(C)OC(N)=O)CCN1. The Balaban J connectivity index is 2.48. The summed E-state index contributed by atoms with van der Waals surface area (Å²) in [5.41, 5.74) is 4.95. The number of hydrogen-bond acceptors (Lipinski definition) is 4. The van der Waals surface area contributed by atoms with Crippen molar-refractivity contribution in [2.45, 2.75) is 38.8 Å². The molecule has 86 valence electrons. The quantitative estimate of drug-likeness (QED) is 0.713. The van der Waals surface area contributed by atoms with Gasteiger partial charge < -0.3 is 15.8 Å². The fourth-order valence-electron chi connectivity index (χ4n) is 1.96. The number of carbonyl (C=O) groups excluding carboxylic acids is 2. The molecule has 0 aromatic heterocycles. The predicted octanol–water partition coefficient (Wildman–Crippen LogP) is 0.427. The second-order valence-corrected chi connectivity index (χ2v) is 4.04. The van der Waals surface area contributed by atoms with E-state index >= 15 is 0 Å². The van der Waals surface area contributed by atoms with Gasteiger partial charge in [-0.15, -0.1) is 0 Å². The Morgan fingerprint density at radius 3 is 2.73 bits per heavy atom. The number of rotatable bonds is 3. The van der Waals surface area contributed by atoms with Crippen molar-refractivity contribution in [3.63, 3.8) is 0 Å². The maximum atomic E-state index is 11.2. The van der Waals surface area contributed by atoms with Gasteiger partial charge in [-0.25, -0.2) is 4.79 Å². The van der Waals surface area contributed by atoms with Crippen molar-refractivity contribution in [3.05, 3.63) is 0 Å². The summed E-state index contributed by atoms with van der Waals surface area (Å²) in [5.74, 6) is 0.346. The molecule has 0 bridgehead atoms. The summed E-state index contributed by atoms with van der Waals surface area (Å²) >= 11 is 0. The molecule has 1 fully saturated rings. The Hall–Kier alpha value is -1.10. The second kappa shape index (κ2) is 5.11. The number of amides is 1. The van der Waals surface area contributed by atoms with Gasteiger partial charge in [0.05, 0.1) is 6.04 Å². The summed E-state index contributed by atoms with van der Waals surface area (Å²) in [4.78, 5) is 21.8. The average Bonchev–Trinajstić information content (AvgIpc) is 2.17. The Labute approximate surface area is 89.3 Å². The van der Waals surface area contributed by atoms with Crippen LogP contribution in [0.2, 0.25) is 0 Å². The topological polar surface area (TPSA) is 81.4 Å². The zero-order chi connectivity index (χ0) is 11.4. The maximum Gasteiger partial charge on any atom is 0.404 e. The molecule has 15 heavy (non-hydrogen) atoms. The minimum Gasteiger partial charge on any atom is -0.446 e. The van der Waals surface area contributed by atoms with Crippen LogP contribution in [0.1, 0.15) is 26.7 Å². The van der Waals surface area contributed by atoms with E-state index in [1.54, 1.807) is 6.92 Å². The van der Waals surface area contributed by atoms with E-state index in [0.717, 1.165) is 13.0 Å². The van der Waals surface area contributed by atoms with Gasteiger partial charge in [0.1, 0.15) is 11.9 Å². The number of primary amides is 1. The van der Waals surface area contributed by atoms with E-state index < -0.39 is 6.09 Å². The molecule has 0 spiro atoms. The van der Waals surface area contributed by atoms with Crippen LogP contribution >= 0.6 is 0 Å². The molecule has 0 aromatic rings. The van der Waals surface area contributed by atoms with Crippen LogP contribution in [0.5, 0.6) is 0 Å². The lowest BCUT2D eigenvalue weighted by molar-refractivity contribution is -0.120. The Morgan fingerprint density at radius 2 is 2.20 bits per heavy atom.